The van der Waals surface area contributed by atoms with E-state index in [1.54, 1.807) is 35.1 Å². The second-order valence-corrected chi connectivity index (χ2v) is 3.32. The number of rotatable bonds is 3. The number of benzene rings is 1. The highest BCUT2D eigenvalue weighted by atomic mass is 16.2. The zero-order valence-electron chi connectivity index (χ0n) is 8.62. The quantitative estimate of drug-likeness (QED) is 0.434. The summed E-state index contributed by atoms with van der Waals surface area (Å²) in [5, 5.41) is 7.65. The van der Waals surface area contributed by atoms with Crippen molar-refractivity contribution in [2.75, 3.05) is 0 Å². The summed E-state index contributed by atoms with van der Waals surface area (Å²) < 4.78 is 1.65. The third-order valence-electron chi connectivity index (χ3n) is 2.22. The van der Waals surface area contributed by atoms with Crippen molar-refractivity contribution in [1.29, 1.82) is 0 Å². The Morgan fingerprint density at radius 2 is 2.00 bits per heavy atom. The van der Waals surface area contributed by atoms with Gasteiger partial charge in [-0.05, 0) is 31.2 Å². The first-order chi connectivity index (χ1) is 7.72. The summed E-state index contributed by atoms with van der Waals surface area (Å²) in [6, 6.07) is 6.62. The van der Waals surface area contributed by atoms with Crippen LogP contribution in [0.3, 0.4) is 0 Å². The van der Waals surface area contributed by atoms with Crippen LogP contribution in [0.25, 0.3) is 5.69 Å². The molecule has 0 spiro atoms. The van der Waals surface area contributed by atoms with Crippen molar-refractivity contribution in [3.05, 3.63) is 41.7 Å². The van der Waals surface area contributed by atoms with Crippen LogP contribution in [0.15, 0.2) is 30.5 Å². The lowest BCUT2D eigenvalue weighted by atomic mass is 10.1. The van der Waals surface area contributed by atoms with Gasteiger partial charge in [0, 0.05) is 5.56 Å². The highest BCUT2D eigenvalue weighted by Crippen LogP contribution is 2.10. The van der Waals surface area contributed by atoms with Crippen molar-refractivity contribution in [2.45, 2.75) is 6.92 Å². The molecule has 0 bridgehead atoms. The Labute approximate surface area is 91.7 Å². The van der Waals surface area contributed by atoms with Gasteiger partial charge in [-0.25, -0.2) is 4.68 Å². The first-order valence-corrected chi connectivity index (χ1v) is 4.69. The van der Waals surface area contributed by atoms with Gasteiger partial charge in [-0.1, -0.05) is 5.21 Å². The van der Waals surface area contributed by atoms with Gasteiger partial charge < -0.3 is 0 Å². The lowest BCUT2D eigenvalue weighted by molar-refractivity contribution is -0.104. The molecule has 1 aromatic carbocycles. The number of aldehydes is 1. The molecule has 0 saturated heterocycles. The number of carbonyl (C=O) groups excluding carboxylic acids is 2. The van der Waals surface area contributed by atoms with Gasteiger partial charge in [-0.15, -0.1) is 5.10 Å². The van der Waals surface area contributed by atoms with Crippen LogP contribution in [0.2, 0.25) is 0 Å². The van der Waals surface area contributed by atoms with Crippen LogP contribution in [-0.2, 0) is 4.79 Å². The molecule has 5 nitrogen and oxygen atoms in total. The Hall–Kier alpha value is -2.30. The maximum Gasteiger partial charge on any atom is 0.225 e. The van der Waals surface area contributed by atoms with Gasteiger partial charge in [0.1, 0.15) is 0 Å². The predicted molar refractivity (Wildman–Crippen MR) is 56.5 cm³/mol. The minimum atomic E-state index is -0.526. The van der Waals surface area contributed by atoms with Crippen LogP contribution >= 0.6 is 0 Å². The first-order valence-electron chi connectivity index (χ1n) is 4.69. The molecule has 0 amide bonds. The molecule has 0 saturated carbocycles. The predicted octanol–water partition coefficient (Wildman–Crippen LogP) is 0.957. The SMILES string of the molecule is Cc1cnnn1-c1ccc(C(=O)C=O)cc1. The van der Waals surface area contributed by atoms with E-state index < -0.39 is 5.78 Å². The average Bonchev–Trinajstić information content (AvgIpc) is 2.75. The van der Waals surface area contributed by atoms with E-state index in [9.17, 15) is 9.59 Å². The highest BCUT2D eigenvalue weighted by Gasteiger charge is 2.05. The number of hydrogen-bond acceptors (Lipinski definition) is 4. The van der Waals surface area contributed by atoms with Gasteiger partial charge in [0.15, 0.2) is 6.29 Å². The Morgan fingerprint density at radius 1 is 1.31 bits per heavy atom. The van der Waals surface area contributed by atoms with Gasteiger partial charge in [0.05, 0.1) is 17.6 Å². The molecule has 2 rings (SSSR count). The van der Waals surface area contributed by atoms with Crippen molar-refractivity contribution in [2.24, 2.45) is 0 Å². The summed E-state index contributed by atoms with van der Waals surface area (Å²) in [6.07, 6.45) is 1.94. The number of hydrogen-bond donors (Lipinski definition) is 0. The second-order valence-electron chi connectivity index (χ2n) is 3.32. The molecule has 0 fully saturated rings. The number of Topliss-reactive ketones (excluding diaryl/α,β-unsaturated/α-hetero) is 1. The number of aryl methyl sites for hydroxylation is 1. The zero-order chi connectivity index (χ0) is 11.5. The highest BCUT2D eigenvalue weighted by molar-refractivity contribution is 6.33. The molecule has 0 aliphatic rings. The lowest BCUT2D eigenvalue weighted by Crippen LogP contribution is -2.02. The summed E-state index contributed by atoms with van der Waals surface area (Å²) in [7, 11) is 0. The number of ketones is 1. The zero-order valence-corrected chi connectivity index (χ0v) is 8.62. The maximum atomic E-state index is 11.1. The summed E-state index contributed by atoms with van der Waals surface area (Å²) in [6.45, 7) is 1.88. The van der Waals surface area contributed by atoms with Crippen molar-refractivity contribution in [3.63, 3.8) is 0 Å². The molecule has 0 unspecified atom stereocenters. The van der Waals surface area contributed by atoms with E-state index in [2.05, 4.69) is 10.3 Å². The monoisotopic (exact) mass is 215 g/mol. The molecule has 2 aromatic rings. The van der Waals surface area contributed by atoms with Crippen LogP contribution in [-0.4, -0.2) is 27.1 Å². The van der Waals surface area contributed by atoms with E-state index in [1.165, 1.54) is 0 Å². The molecule has 5 heteroatoms. The Bertz CT molecular complexity index is 528. The molecule has 0 aliphatic heterocycles. The molecule has 80 valence electrons. The van der Waals surface area contributed by atoms with Crippen molar-refractivity contribution < 1.29 is 9.59 Å². The smallest absolute Gasteiger partial charge is 0.225 e. The summed E-state index contributed by atoms with van der Waals surface area (Å²) in [4.78, 5) is 21.4. The largest absolute Gasteiger partial charge is 0.294 e. The van der Waals surface area contributed by atoms with Crippen molar-refractivity contribution >= 4 is 12.1 Å². The minimum absolute atomic E-state index is 0.301. The lowest BCUT2D eigenvalue weighted by Gasteiger charge is -2.02. The van der Waals surface area contributed by atoms with Crippen LogP contribution in [0.4, 0.5) is 0 Å². The maximum absolute atomic E-state index is 11.1. The van der Waals surface area contributed by atoms with E-state index in [0.29, 0.717) is 11.8 Å². The molecular formula is C11H9N3O2. The number of carbonyl (C=O) groups is 2. The minimum Gasteiger partial charge on any atom is -0.294 e. The van der Waals surface area contributed by atoms with Gasteiger partial charge in [-0.2, -0.15) is 0 Å². The third kappa shape index (κ3) is 1.75. The van der Waals surface area contributed by atoms with Gasteiger partial charge in [-0.3, -0.25) is 9.59 Å². The van der Waals surface area contributed by atoms with Crippen LogP contribution < -0.4 is 0 Å². The van der Waals surface area contributed by atoms with E-state index in [0.717, 1.165) is 11.4 Å². The molecule has 0 N–H and O–H groups in total. The van der Waals surface area contributed by atoms with Crippen LogP contribution in [0, 0.1) is 6.92 Å². The van der Waals surface area contributed by atoms with Crippen molar-refractivity contribution in [1.82, 2.24) is 15.0 Å². The first kappa shape index (κ1) is 10.2. The van der Waals surface area contributed by atoms with Crippen LogP contribution in [0.1, 0.15) is 16.1 Å². The van der Waals surface area contributed by atoms with Gasteiger partial charge >= 0.3 is 0 Å². The molecule has 0 atom stereocenters. The fourth-order valence-corrected chi connectivity index (χ4v) is 1.38. The summed E-state index contributed by atoms with van der Waals surface area (Å²) >= 11 is 0. The molecule has 1 aromatic heterocycles. The summed E-state index contributed by atoms with van der Waals surface area (Å²) in [5.41, 5.74) is 2.07. The van der Waals surface area contributed by atoms with E-state index in [1.807, 2.05) is 6.92 Å². The van der Waals surface area contributed by atoms with Crippen molar-refractivity contribution in [3.8, 4) is 5.69 Å². The Morgan fingerprint density at radius 3 is 2.50 bits per heavy atom. The molecule has 16 heavy (non-hydrogen) atoms. The second kappa shape index (κ2) is 4.06. The molecular weight excluding hydrogens is 206 g/mol. The average molecular weight is 215 g/mol. The molecule has 0 aliphatic carbocycles. The van der Waals surface area contributed by atoms with Crippen LogP contribution in [0.5, 0.6) is 0 Å². The summed E-state index contributed by atoms with van der Waals surface area (Å²) in [5.74, 6) is -0.526. The fourth-order valence-electron chi connectivity index (χ4n) is 1.38. The number of aromatic nitrogens is 3. The van der Waals surface area contributed by atoms with Gasteiger partial charge in [0.25, 0.3) is 0 Å². The van der Waals surface area contributed by atoms with E-state index in [-0.39, 0.29) is 0 Å². The molecule has 0 radical (unpaired) electrons. The fraction of sp³-hybridized carbons (Fsp3) is 0.0909. The van der Waals surface area contributed by atoms with E-state index in [4.69, 9.17) is 0 Å². The Kier molecular flexibility index (Phi) is 2.59. The Balaban J connectivity index is 2.37. The molecule has 1 heterocycles. The standard InChI is InChI=1S/C11H9N3O2/c1-8-6-12-13-14(8)10-4-2-9(3-5-10)11(16)7-15/h2-7H,1H3. The van der Waals surface area contributed by atoms with E-state index >= 15 is 0 Å². The normalized spacial score (nSPS) is 10.1. The van der Waals surface area contributed by atoms with Gasteiger partial charge in [0.2, 0.25) is 5.78 Å². The topological polar surface area (TPSA) is 64.8 Å². The number of nitrogens with zero attached hydrogens (tertiary/aromatic N) is 3. The third-order valence-corrected chi connectivity index (χ3v) is 2.22.